The van der Waals surface area contributed by atoms with E-state index in [4.69, 9.17) is 11.6 Å². The Hall–Kier alpha value is -2.20. The summed E-state index contributed by atoms with van der Waals surface area (Å²) in [4.78, 5) is 20.9. The fourth-order valence-electron chi connectivity index (χ4n) is 2.57. The number of nitrogens with zero attached hydrogens (tertiary/aromatic N) is 3. The lowest BCUT2D eigenvalue weighted by Crippen LogP contribution is -2.10. The third kappa shape index (κ3) is 3.97. The monoisotopic (exact) mass is 447 g/mol. The van der Waals surface area contributed by atoms with Crippen LogP contribution in [0.2, 0.25) is 5.02 Å². The second-order valence-corrected chi connectivity index (χ2v) is 9.12. The molecule has 28 heavy (non-hydrogen) atoms. The first kappa shape index (κ1) is 19.1. The Kier molecular flexibility index (Phi) is 5.77. The predicted octanol–water partition coefficient (Wildman–Crippen LogP) is 5.05. The Morgan fingerprint density at radius 3 is 2.96 bits per heavy atom. The van der Waals surface area contributed by atoms with E-state index in [9.17, 15) is 4.79 Å². The lowest BCUT2D eigenvalue weighted by atomic mass is 10.1. The summed E-state index contributed by atoms with van der Waals surface area (Å²) in [5, 5.41) is 15.1. The summed E-state index contributed by atoms with van der Waals surface area (Å²) in [6.45, 7) is 4.29. The number of hydrogen-bond donors (Lipinski definition) is 2. The number of aromatic nitrogens is 4. The fourth-order valence-corrected chi connectivity index (χ4v) is 5.39. The van der Waals surface area contributed by atoms with Gasteiger partial charge in [0.15, 0.2) is 4.34 Å². The van der Waals surface area contributed by atoms with Crippen LogP contribution >= 0.6 is 46.0 Å². The highest BCUT2D eigenvalue weighted by Crippen LogP contribution is 2.35. The number of nitrogens with one attached hydrogen (secondary N) is 2. The van der Waals surface area contributed by atoms with Crippen LogP contribution < -0.4 is 10.9 Å². The number of rotatable bonds is 7. The third-order valence-electron chi connectivity index (χ3n) is 3.79. The molecule has 0 unspecified atom stereocenters. The van der Waals surface area contributed by atoms with Crippen LogP contribution in [0.15, 0.2) is 51.4 Å². The van der Waals surface area contributed by atoms with Crippen LogP contribution in [0.25, 0.3) is 21.3 Å². The van der Waals surface area contributed by atoms with Gasteiger partial charge in [-0.3, -0.25) is 4.79 Å². The predicted molar refractivity (Wildman–Crippen MR) is 119 cm³/mol. The molecule has 0 spiro atoms. The van der Waals surface area contributed by atoms with Gasteiger partial charge in [0, 0.05) is 28.1 Å². The molecule has 1 aromatic carbocycles. The Balaban J connectivity index is 1.57. The minimum Gasteiger partial charge on any atom is -0.357 e. The van der Waals surface area contributed by atoms with E-state index in [2.05, 4.69) is 32.1 Å². The maximum absolute atomic E-state index is 12.7. The van der Waals surface area contributed by atoms with Crippen LogP contribution in [0.1, 0.15) is 5.82 Å². The summed E-state index contributed by atoms with van der Waals surface area (Å²) < 4.78 is 0.803. The van der Waals surface area contributed by atoms with Crippen molar-refractivity contribution in [2.24, 2.45) is 0 Å². The van der Waals surface area contributed by atoms with Crippen molar-refractivity contribution in [1.29, 1.82) is 0 Å². The van der Waals surface area contributed by atoms with Gasteiger partial charge in [-0.2, -0.15) is 0 Å². The Labute approximate surface area is 177 Å². The molecule has 0 radical (unpaired) electrons. The Bertz CT molecular complexity index is 1200. The van der Waals surface area contributed by atoms with E-state index in [-0.39, 0.29) is 5.56 Å². The molecular formula is C18H14ClN5OS3. The van der Waals surface area contributed by atoms with Crippen molar-refractivity contribution < 1.29 is 0 Å². The van der Waals surface area contributed by atoms with Crippen LogP contribution in [0.3, 0.4) is 0 Å². The highest BCUT2D eigenvalue weighted by atomic mass is 35.5. The number of thiophene rings is 1. The van der Waals surface area contributed by atoms with Crippen molar-refractivity contribution in [2.45, 2.75) is 10.1 Å². The van der Waals surface area contributed by atoms with Gasteiger partial charge in [0.25, 0.3) is 5.56 Å². The minimum atomic E-state index is -0.164. The largest absolute Gasteiger partial charge is 0.357 e. The maximum Gasteiger partial charge on any atom is 0.260 e. The number of halogens is 1. The summed E-state index contributed by atoms with van der Waals surface area (Å²) >= 11 is 10.7. The van der Waals surface area contributed by atoms with E-state index >= 15 is 0 Å². The van der Waals surface area contributed by atoms with Gasteiger partial charge in [0.05, 0.1) is 11.1 Å². The van der Waals surface area contributed by atoms with Crippen LogP contribution in [0.5, 0.6) is 0 Å². The number of aromatic amines is 1. The van der Waals surface area contributed by atoms with E-state index in [0.29, 0.717) is 33.4 Å². The molecule has 0 bridgehead atoms. The molecule has 0 aliphatic carbocycles. The van der Waals surface area contributed by atoms with Crippen molar-refractivity contribution >= 4 is 61.4 Å². The van der Waals surface area contributed by atoms with Crippen LogP contribution in [-0.2, 0) is 5.75 Å². The summed E-state index contributed by atoms with van der Waals surface area (Å²) in [6.07, 6.45) is 1.76. The summed E-state index contributed by atoms with van der Waals surface area (Å²) in [5.74, 6) is 1.10. The third-order valence-corrected chi connectivity index (χ3v) is 7.02. The van der Waals surface area contributed by atoms with Gasteiger partial charge < -0.3 is 10.3 Å². The maximum atomic E-state index is 12.7. The minimum absolute atomic E-state index is 0.164. The first-order chi connectivity index (χ1) is 13.7. The highest BCUT2D eigenvalue weighted by molar-refractivity contribution is 8.00. The number of H-pyrrole nitrogens is 1. The van der Waals surface area contributed by atoms with E-state index in [1.165, 1.54) is 34.4 Å². The smallest absolute Gasteiger partial charge is 0.260 e. The number of benzene rings is 1. The van der Waals surface area contributed by atoms with Crippen LogP contribution in [0, 0.1) is 0 Å². The quantitative estimate of drug-likeness (QED) is 0.305. The standard InChI is InChI=1S/C18H14ClN5OS3/c1-2-7-20-17-23-24-18(28-17)27-9-13-21-15(25)14-11(8-26-16(14)22-13)10-5-3-4-6-12(10)19/h2-6,8H,1,7,9H2,(H,20,23)(H,21,22,25). The number of fused-ring (bicyclic) bond motifs is 1. The summed E-state index contributed by atoms with van der Waals surface area (Å²) in [6, 6.07) is 7.48. The molecule has 0 amide bonds. The molecule has 0 atom stereocenters. The first-order valence-electron chi connectivity index (χ1n) is 8.22. The van der Waals surface area contributed by atoms with Crippen molar-refractivity contribution in [3.63, 3.8) is 0 Å². The molecule has 3 aromatic heterocycles. The molecule has 3 heterocycles. The van der Waals surface area contributed by atoms with E-state index in [1.54, 1.807) is 6.08 Å². The van der Waals surface area contributed by atoms with E-state index in [0.717, 1.165) is 20.6 Å². The molecule has 0 fully saturated rings. The van der Waals surface area contributed by atoms with Gasteiger partial charge in [0.2, 0.25) is 5.13 Å². The number of thioether (sulfide) groups is 1. The van der Waals surface area contributed by atoms with Gasteiger partial charge >= 0.3 is 0 Å². The Morgan fingerprint density at radius 1 is 1.29 bits per heavy atom. The molecular weight excluding hydrogens is 434 g/mol. The second-order valence-electron chi connectivity index (χ2n) is 5.65. The van der Waals surface area contributed by atoms with Gasteiger partial charge in [-0.1, -0.05) is 59.0 Å². The van der Waals surface area contributed by atoms with Crippen molar-refractivity contribution in [2.75, 3.05) is 11.9 Å². The topological polar surface area (TPSA) is 83.6 Å². The van der Waals surface area contributed by atoms with Crippen LogP contribution in [0.4, 0.5) is 5.13 Å². The molecule has 4 aromatic rings. The molecule has 10 heteroatoms. The number of anilines is 1. The normalized spacial score (nSPS) is 11.0. The lowest BCUT2D eigenvalue weighted by molar-refractivity contribution is 0.999. The van der Waals surface area contributed by atoms with Gasteiger partial charge in [0.1, 0.15) is 10.7 Å². The number of hydrogen-bond acceptors (Lipinski definition) is 8. The second kappa shape index (κ2) is 8.44. The SMILES string of the molecule is C=CCNc1nnc(SCc2nc3scc(-c4ccccc4Cl)c3c(=O)[nH]2)s1. The van der Waals surface area contributed by atoms with E-state index < -0.39 is 0 Å². The lowest BCUT2D eigenvalue weighted by Gasteiger charge is -2.03. The van der Waals surface area contributed by atoms with Crippen molar-refractivity contribution in [1.82, 2.24) is 20.2 Å². The van der Waals surface area contributed by atoms with Crippen LogP contribution in [-0.4, -0.2) is 26.7 Å². The first-order valence-corrected chi connectivity index (χ1v) is 11.3. The highest BCUT2D eigenvalue weighted by Gasteiger charge is 2.15. The zero-order valence-electron chi connectivity index (χ0n) is 14.4. The molecule has 0 aliphatic heterocycles. The molecule has 0 aliphatic rings. The summed E-state index contributed by atoms with van der Waals surface area (Å²) in [5.41, 5.74) is 1.47. The molecule has 0 saturated heterocycles. The average Bonchev–Trinajstić information content (AvgIpc) is 3.32. The fraction of sp³-hybridized carbons (Fsp3) is 0.111. The molecule has 0 saturated carbocycles. The average molecular weight is 448 g/mol. The van der Waals surface area contributed by atoms with E-state index in [1.807, 2.05) is 29.6 Å². The van der Waals surface area contributed by atoms with Gasteiger partial charge in [-0.25, -0.2) is 4.98 Å². The van der Waals surface area contributed by atoms with Crippen molar-refractivity contribution in [3.8, 4) is 11.1 Å². The van der Waals surface area contributed by atoms with Gasteiger partial charge in [-0.15, -0.1) is 28.1 Å². The van der Waals surface area contributed by atoms with Crippen molar-refractivity contribution in [3.05, 3.63) is 63.5 Å². The zero-order valence-corrected chi connectivity index (χ0v) is 17.6. The zero-order chi connectivity index (χ0) is 19.5. The molecule has 4 rings (SSSR count). The van der Waals surface area contributed by atoms with Gasteiger partial charge in [-0.05, 0) is 6.07 Å². The Morgan fingerprint density at radius 2 is 2.14 bits per heavy atom. The molecule has 6 nitrogen and oxygen atoms in total. The molecule has 142 valence electrons. The molecule has 2 N–H and O–H groups in total. The summed E-state index contributed by atoms with van der Waals surface area (Å²) in [7, 11) is 0.